The molecule has 0 fully saturated rings. The van der Waals surface area contributed by atoms with Gasteiger partial charge >= 0.3 is 0 Å². The standard InChI is InChI=1S/C8H17Si/c1-4-6-7-9-8(3)5-2/h7-9H,1,4-6H2,2-3H3. The summed E-state index contributed by atoms with van der Waals surface area (Å²) in [6.45, 7) is 8.38. The van der Waals surface area contributed by atoms with Gasteiger partial charge in [-0.1, -0.05) is 33.6 Å². The fourth-order valence-electron chi connectivity index (χ4n) is 0.582. The normalized spacial score (nSPS) is 14.6. The summed E-state index contributed by atoms with van der Waals surface area (Å²) in [4.78, 5) is 0. The van der Waals surface area contributed by atoms with Crippen molar-refractivity contribution < 1.29 is 0 Å². The van der Waals surface area contributed by atoms with E-state index in [0.29, 0.717) is 9.13 Å². The lowest BCUT2D eigenvalue weighted by Crippen LogP contribution is -1.91. The van der Waals surface area contributed by atoms with E-state index in [-0.39, 0.29) is 0 Å². The van der Waals surface area contributed by atoms with Crippen molar-refractivity contribution in [2.75, 3.05) is 0 Å². The Morgan fingerprint density at radius 3 is 2.78 bits per heavy atom. The van der Waals surface area contributed by atoms with Gasteiger partial charge in [0.2, 0.25) is 0 Å². The van der Waals surface area contributed by atoms with Crippen molar-refractivity contribution in [2.24, 2.45) is 0 Å². The highest BCUT2D eigenvalue weighted by Crippen LogP contribution is 2.01. The molecule has 0 spiro atoms. The van der Waals surface area contributed by atoms with E-state index < -0.39 is 0 Å². The molecule has 0 aliphatic rings. The Bertz CT molecular complexity index is 76.6. The molecule has 1 heteroatoms. The molecule has 0 aliphatic heterocycles. The molecule has 0 saturated carbocycles. The summed E-state index contributed by atoms with van der Waals surface area (Å²) in [6, 6.07) is 0. The summed E-state index contributed by atoms with van der Waals surface area (Å²) in [6.07, 6.45) is 3.63. The summed E-state index contributed by atoms with van der Waals surface area (Å²) in [5.41, 5.74) is 3.39. The molecule has 0 saturated heterocycles. The van der Waals surface area contributed by atoms with Crippen LogP contribution in [0.2, 0.25) is 5.54 Å². The van der Waals surface area contributed by atoms with Crippen LogP contribution in [0, 0.1) is 6.92 Å². The van der Waals surface area contributed by atoms with E-state index in [1.807, 2.05) is 0 Å². The van der Waals surface area contributed by atoms with Crippen molar-refractivity contribution in [3.05, 3.63) is 6.92 Å². The summed E-state index contributed by atoms with van der Waals surface area (Å²) < 4.78 is 0. The van der Waals surface area contributed by atoms with Crippen LogP contribution in [0.4, 0.5) is 0 Å². The van der Waals surface area contributed by atoms with Crippen molar-refractivity contribution in [2.45, 2.75) is 38.7 Å². The molecule has 0 aromatic heterocycles. The van der Waals surface area contributed by atoms with Crippen LogP contribution in [0.1, 0.15) is 33.1 Å². The molecule has 0 aromatic rings. The second-order valence-corrected chi connectivity index (χ2v) is 4.45. The lowest BCUT2D eigenvalue weighted by atomic mass is 10.4. The lowest BCUT2D eigenvalue weighted by Gasteiger charge is -1.96. The first kappa shape index (κ1) is 9.09. The van der Waals surface area contributed by atoms with E-state index in [2.05, 4.69) is 26.4 Å². The Morgan fingerprint density at radius 1 is 1.67 bits per heavy atom. The Kier molecular flexibility index (Phi) is 6.27. The van der Waals surface area contributed by atoms with Crippen LogP contribution in [-0.2, 0) is 0 Å². The number of hydrogen-bond acceptors (Lipinski definition) is 0. The average molecular weight is 141 g/mol. The van der Waals surface area contributed by atoms with Crippen LogP contribution < -0.4 is 0 Å². The predicted octanol–water partition coefficient (Wildman–Crippen LogP) is 2.06. The second-order valence-electron chi connectivity index (χ2n) is 2.46. The van der Waals surface area contributed by atoms with Crippen LogP contribution in [-0.4, -0.2) is 14.8 Å². The van der Waals surface area contributed by atoms with Gasteiger partial charge in [0.25, 0.3) is 0 Å². The Hall–Kier alpha value is 0.0869. The first-order valence-electron chi connectivity index (χ1n) is 3.77. The van der Waals surface area contributed by atoms with Crippen LogP contribution in [0.5, 0.6) is 0 Å². The molecule has 0 aliphatic carbocycles. The third-order valence-electron chi connectivity index (χ3n) is 1.48. The molecule has 0 heterocycles. The maximum absolute atomic E-state index is 3.79. The zero-order valence-corrected chi connectivity index (χ0v) is 7.72. The monoisotopic (exact) mass is 141 g/mol. The van der Waals surface area contributed by atoms with Gasteiger partial charge in [-0.25, -0.2) is 0 Å². The number of hydrogen-bond donors (Lipinski definition) is 0. The predicted molar refractivity (Wildman–Crippen MR) is 47.5 cm³/mol. The third-order valence-corrected chi connectivity index (χ3v) is 3.21. The molecule has 0 aromatic carbocycles. The highest BCUT2D eigenvalue weighted by Gasteiger charge is 1.88. The fraction of sp³-hybridized carbons (Fsp3) is 0.750. The average Bonchev–Trinajstić information content (AvgIpc) is 1.89. The molecule has 1 radical (unpaired) electrons. The Labute approximate surface area is 61.1 Å². The Balaban J connectivity index is 3.20. The van der Waals surface area contributed by atoms with Crippen molar-refractivity contribution in [1.82, 2.24) is 0 Å². The lowest BCUT2D eigenvalue weighted by molar-refractivity contribution is 0.877. The molecular formula is C8H17Si. The van der Waals surface area contributed by atoms with Gasteiger partial charge in [-0.2, -0.15) is 0 Å². The van der Waals surface area contributed by atoms with Gasteiger partial charge in [-0.05, 0) is 21.1 Å². The minimum absolute atomic E-state index is 0.604. The molecule has 9 heavy (non-hydrogen) atoms. The molecule has 0 rings (SSSR count). The van der Waals surface area contributed by atoms with Crippen LogP contribution in [0.25, 0.3) is 0 Å². The summed E-state index contributed by atoms with van der Waals surface area (Å²) in [5.74, 6) is 0. The van der Waals surface area contributed by atoms with Crippen molar-refractivity contribution in [1.29, 1.82) is 0 Å². The van der Waals surface area contributed by atoms with Gasteiger partial charge in [-0.15, -0.1) is 5.67 Å². The van der Waals surface area contributed by atoms with E-state index in [1.165, 1.54) is 12.8 Å². The molecule has 0 amide bonds. The molecule has 0 nitrogen and oxygen atoms in total. The number of unbranched alkanes of at least 4 members (excludes halogenated alkanes) is 1. The zero-order valence-electron chi connectivity index (χ0n) is 6.56. The summed E-state index contributed by atoms with van der Waals surface area (Å²) in [7, 11) is 0.604. The van der Waals surface area contributed by atoms with Gasteiger partial charge in [-0.3, -0.25) is 0 Å². The van der Waals surface area contributed by atoms with Gasteiger partial charge in [0.05, 0.1) is 0 Å². The molecule has 53 valence electrons. The van der Waals surface area contributed by atoms with Crippen molar-refractivity contribution in [3.8, 4) is 0 Å². The van der Waals surface area contributed by atoms with Gasteiger partial charge in [0, 0.05) is 0 Å². The smallest absolute Gasteiger partial charge is 0.00890 e. The minimum Gasteiger partial charge on any atom is -0.106 e. The Morgan fingerprint density at radius 2 is 2.33 bits per heavy atom. The van der Waals surface area contributed by atoms with Gasteiger partial charge < -0.3 is 0 Å². The first-order valence-corrected chi connectivity index (χ1v) is 5.10. The van der Waals surface area contributed by atoms with Crippen molar-refractivity contribution >= 4 is 14.8 Å². The maximum Gasteiger partial charge on any atom is -0.00890 e. The molecule has 0 N–H and O–H groups in total. The third kappa shape index (κ3) is 5.97. The second kappa shape index (κ2) is 6.21. The minimum atomic E-state index is 0.604. The maximum atomic E-state index is 3.79. The van der Waals surface area contributed by atoms with E-state index in [9.17, 15) is 0 Å². The number of rotatable bonds is 4. The van der Waals surface area contributed by atoms with Crippen LogP contribution >= 0.6 is 0 Å². The zero-order chi connectivity index (χ0) is 7.11. The molecule has 1 atom stereocenters. The van der Waals surface area contributed by atoms with E-state index in [1.54, 1.807) is 0 Å². The molecule has 0 bridgehead atoms. The van der Waals surface area contributed by atoms with E-state index >= 15 is 0 Å². The van der Waals surface area contributed by atoms with Crippen LogP contribution in [0.15, 0.2) is 0 Å². The highest BCUT2D eigenvalue weighted by atomic mass is 28.2. The quantitative estimate of drug-likeness (QED) is 0.526. The topological polar surface area (TPSA) is 0 Å². The highest BCUT2D eigenvalue weighted by molar-refractivity contribution is 6.48. The summed E-state index contributed by atoms with van der Waals surface area (Å²) in [5, 5.41) is 0. The van der Waals surface area contributed by atoms with Gasteiger partial charge in [0.1, 0.15) is 0 Å². The van der Waals surface area contributed by atoms with E-state index in [4.69, 9.17) is 0 Å². The van der Waals surface area contributed by atoms with E-state index in [0.717, 1.165) is 12.0 Å². The van der Waals surface area contributed by atoms with Crippen molar-refractivity contribution in [3.63, 3.8) is 0 Å². The van der Waals surface area contributed by atoms with Gasteiger partial charge in [0.15, 0.2) is 0 Å². The van der Waals surface area contributed by atoms with Crippen LogP contribution in [0.3, 0.4) is 0 Å². The molecular weight excluding hydrogens is 124 g/mol. The first-order chi connectivity index (χ1) is 4.31. The molecule has 1 unspecified atom stereocenters. The largest absolute Gasteiger partial charge is 0.106 e. The SMILES string of the molecule is [CH2]CCC=[SiH]C(C)CC. The fourth-order valence-corrected chi connectivity index (χ4v) is 1.75. The summed E-state index contributed by atoms with van der Waals surface area (Å²) >= 11 is 0.